The molecule has 1 amide bonds. The van der Waals surface area contributed by atoms with E-state index >= 15 is 0 Å². The number of amides is 1. The monoisotopic (exact) mass is 285 g/mol. The molecule has 1 atom stereocenters. The van der Waals surface area contributed by atoms with Crippen molar-refractivity contribution in [3.63, 3.8) is 0 Å². The van der Waals surface area contributed by atoms with Gasteiger partial charge < -0.3 is 15.2 Å². The van der Waals surface area contributed by atoms with Crippen molar-refractivity contribution < 1.29 is 19.4 Å². The Balaban J connectivity index is 2.62. The van der Waals surface area contributed by atoms with E-state index in [4.69, 9.17) is 4.74 Å². The van der Waals surface area contributed by atoms with Crippen LogP contribution in [0.2, 0.25) is 0 Å². The zero-order valence-corrected chi connectivity index (χ0v) is 13.2. The molecule has 1 fully saturated rings. The first-order valence-electron chi connectivity index (χ1n) is 7.22. The van der Waals surface area contributed by atoms with Gasteiger partial charge in [0, 0.05) is 0 Å². The number of rotatable bonds is 3. The molecular weight excluding hydrogens is 258 g/mol. The fourth-order valence-corrected chi connectivity index (χ4v) is 2.57. The molecule has 0 aliphatic heterocycles. The van der Waals surface area contributed by atoms with Gasteiger partial charge in [-0.3, -0.25) is 0 Å². The van der Waals surface area contributed by atoms with E-state index in [1.807, 2.05) is 0 Å². The molecule has 1 aliphatic rings. The average molecular weight is 285 g/mol. The molecule has 0 radical (unpaired) electrons. The predicted molar refractivity (Wildman–Crippen MR) is 76.5 cm³/mol. The Hall–Kier alpha value is -1.26. The molecule has 1 saturated carbocycles. The van der Waals surface area contributed by atoms with Crippen LogP contribution in [0, 0.1) is 11.3 Å². The standard InChI is InChI=1S/C15H27NO4/c1-14(2,3)20-13(19)16-11(12(17)18)10-6-8-15(4,5)9-7-10/h10-11H,6-9H2,1-5H3,(H,16,19)(H,17,18)/t11-/m0/s1. The lowest BCUT2D eigenvalue weighted by Crippen LogP contribution is -2.48. The van der Waals surface area contributed by atoms with E-state index < -0.39 is 23.7 Å². The van der Waals surface area contributed by atoms with Crippen LogP contribution < -0.4 is 5.32 Å². The fraction of sp³-hybridized carbons (Fsp3) is 0.867. The number of nitrogens with one attached hydrogen (secondary N) is 1. The molecule has 0 aromatic rings. The number of carboxylic acids is 1. The minimum absolute atomic E-state index is 0.0203. The van der Waals surface area contributed by atoms with Crippen LogP contribution in [0.4, 0.5) is 4.79 Å². The van der Waals surface area contributed by atoms with Gasteiger partial charge in [0.15, 0.2) is 0 Å². The molecule has 0 saturated heterocycles. The molecule has 5 nitrogen and oxygen atoms in total. The summed E-state index contributed by atoms with van der Waals surface area (Å²) in [5.41, 5.74) is -0.354. The molecule has 0 spiro atoms. The molecule has 5 heteroatoms. The molecule has 1 aliphatic carbocycles. The summed E-state index contributed by atoms with van der Waals surface area (Å²) in [7, 11) is 0. The van der Waals surface area contributed by atoms with Crippen LogP contribution in [-0.4, -0.2) is 28.8 Å². The van der Waals surface area contributed by atoms with Crippen molar-refractivity contribution in [1.82, 2.24) is 5.32 Å². The zero-order chi connectivity index (χ0) is 15.6. The van der Waals surface area contributed by atoms with Gasteiger partial charge in [-0.2, -0.15) is 0 Å². The summed E-state index contributed by atoms with van der Waals surface area (Å²) in [4.78, 5) is 23.1. The number of aliphatic carboxylic acids is 1. The van der Waals surface area contributed by atoms with Gasteiger partial charge in [-0.25, -0.2) is 9.59 Å². The summed E-state index contributed by atoms with van der Waals surface area (Å²) in [6.45, 7) is 9.66. The minimum Gasteiger partial charge on any atom is -0.480 e. The van der Waals surface area contributed by atoms with Crippen LogP contribution in [-0.2, 0) is 9.53 Å². The van der Waals surface area contributed by atoms with Crippen LogP contribution in [0.15, 0.2) is 0 Å². The van der Waals surface area contributed by atoms with Gasteiger partial charge in [0.1, 0.15) is 11.6 Å². The SMILES string of the molecule is CC1(C)CCC([C@H](NC(=O)OC(C)(C)C)C(=O)O)CC1. The highest BCUT2D eigenvalue weighted by Gasteiger charge is 2.36. The second-order valence-corrected chi connectivity index (χ2v) is 7.46. The Morgan fingerprint density at radius 3 is 2.15 bits per heavy atom. The number of hydrogen-bond donors (Lipinski definition) is 2. The number of hydrogen-bond acceptors (Lipinski definition) is 3. The van der Waals surface area contributed by atoms with Crippen molar-refractivity contribution >= 4 is 12.1 Å². The third-order valence-corrected chi connectivity index (χ3v) is 3.79. The highest BCUT2D eigenvalue weighted by molar-refractivity contribution is 5.80. The normalized spacial score (nSPS) is 21.1. The maximum absolute atomic E-state index is 11.7. The maximum Gasteiger partial charge on any atom is 0.408 e. The van der Waals surface area contributed by atoms with Crippen molar-refractivity contribution in [3.05, 3.63) is 0 Å². The minimum atomic E-state index is -0.986. The van der Waals surface area contributed by atoms with Gasteiger partial charge in [-0.15, -0.1) is 0 Å². The van der Waals surface area contributed by atoms with Crippen molar-refractivity contribution in [3.8, 4) is 0 Å². The third-order valence-electron chi connectivity index (χ3n) is 3.79. The van der Waals surface area contributed by atoms with Gasteiger partial charge >= 0.3 is 12.1 Å². The highest BCUT2D eigenvalue weighted by atomic mass is 16.6. The predicted octanol–water partition coefficient (Wildman–Crippen LogP) is 3.18. The number of carboxylic acid groups (broad SMARTS) is 1. The van der Waals surface area contributed by atoms with Crippen LogP contribution in [0.25, 0.3) is 0 Å². The van der Waals surface area contributed by atoms with E-state index in [0.717, 1.165) is 25.7 Å². The molecule has 0 bridgehead atoms. The van der Waals surface area contributed by atoms with E-state index in [-0.39, 0.29) is 11.3 Å². The smallest absolute Gasteiger partial charge is 0.408 e. The number of alkyl carbamates (subject to hydrolysis) is 1. The second kappa shape index (κ2) is 6.02. The van der Waals surface area contributed by atoms with Gasteiger partial charge in [0.2, 0.25) is 0 Å². The first kappa shape index (κ1) is 16.8. The van der Waals surface area contributed by atoms with Crippen molar-refractivity contribution in [1.29, 1.82) is 0 Å². The summed E-state index contributed by atoms with van der Waals surface area (Å²) >= 11 is 0. The number of ether oxygens (including phenoxy) is 1. The van der Waals surface area contributed by atoms with Crippen molar-refractivity contribution in [2.75, 3.05) is 0 Å². The van der Waals surface area contributed by atoms with E-state index in [2.05, 4.69) is 19.2 Å². The first-order chi connectivity index (χ1) is 9.00. The van der Waals surface area contributed by atoms with E-state index in [9.17, 15) is 14.7 Å². The second-order valence-electron chi connectivity index (χ2n) is 7.46. The van der Waals surface area contributed by atoms with Crippen LogP contribution >= 0.6 is 0 Å². The number of carbonyl (C=O) groups excluding carboxylic acids is 1. The topological polar surface area (TPSA) is 75.6 Å². The quantitative estimate of drug-likeness (QED) is 0.835. The molecule has 116 valence electrons. The van der Waals surface area contributed by atoms with Crippen molar-refractivity contribution in [2.45, 2.75) is 71.9 Å². The molecule has 0 aromatic heterocycles. The Labute approximate surface area is 121 Å². The lowest BCUT2D eigenvalue weighted by atomic mass is 9.71. The molecule has 1 rings (SSSR count). The lowest BCUT2D eigenvalue weighted by molar-refractivity contribution is -0.141. The summed E-state index contributed by atoms with van der Waals surface area (Å²) in [5.74, 6) is -1.01. The molecule has 20 heavy (non-hydrogen) atoms. The zero-order valence-electron chi connectivity index (χ0n) is 13.2. The fourth-order valence-electron chi connectivity index (χ4n) is 2.57. The van der Waals surface area contributed by atoms with Gasteiger partial charge in [-0.1, -0.05) is 13.8 Å². The van der Waals surface area contributed by atoms with Gasteiger partial charge in [0.05, 0.1) is 0 Å². The number of carbonyl (C=O) groups is 2. The lowest BCUT2D eigenvalue weighted by Gasteiger charge is -2.36. The Morgan fingerprint density at radius 2 is 1.75 bits per heavy atom. The largest absolute Gasteiger partial charge is 0.480 e. The van der Waals surface area contributed by atoms with E-state index in [1.54, 1.807) is 20.8 Å². The van der Waals surface area contributed by atoms with Crippen LogP contribution in [0.5, 0.6) is 0 Å². The van der Waals surface area contributed by atoms with Crippen LogP contribution in [0.3, 0.4) is 0 Å². The molecular formula is C15H27NO4. The highest BCUT2D eigenvalue weighted by Crippen LogP contribution is 2.39. The Bertz CT molecular complexity index is 361. The van der Waals surface area contributed by atoms with Gasteiger partial charge in [-0.05, 0) is 57.8 Å². The third kappa shape index (κ3) is 5.39. The Kier molecular flexibility index (Phi) is 5.05. The van der Waals surface area contributed by atoms with E-state index in [0.29, 0.717) is 0 Å². The summed E-state index contributed by atoms with van der Waals surface area (Å²) < 4.78 is 5.14. The summed E-state index contributed by atoms with van der Waals surface area (Å²) in [5, 5.41) is 11.8. The molecule has 2 N–H and O–H groups in total. The molecule has 0 aromatic carbocycles. The summed E-state index contributed by atoms with van der Waals surface area (Å²) in [6.07, 6.45) is 2.95. The van der Waals surface area contributed by atoms with E-state index in [1.165, 1.54) is 0 Å². The van der Waals surface area contributed by atoms with Crippen molar-refractivity contribution in [2.24, 2.45) is 11.3 Å². The maximum atomic E-state index is 11.7. The van der Waals surface area contributed by atoms with Gasteiger partial charge in [0.25, 0.3) is 0 Å². The first-order valence-corrected chi connectivity index (χ1v) is 7.22. The average Bonchev–Trinajstić information content (AvgIpc) is 2.23. The van der Waals surface area contributed by atoms with Crippen LogP contribution in [0.1, 0.15) is 60.3 Å². The molecule has 0 heterocycles. The summed E-state index contributed by atoms with van der Waals surface area (Å²) in [6, 6.07) is -0.860. The molecule has 0 unspecified atom stereocenters. The Morgan fingerprint density at radius 1 is 1.25 bits per heavy atom.